The van der Waals surface area contributed by atoms with Gasteiger partial charge in [-0.1, -0.05) is 0 Å². The third-order valence-corrected chi connectivity index (χ3v) is 1.97. The van der Waals surface area contributed by atoms with Gasteiger partial charge in [-0.05, 0) is 19.8 Å². The molecule has 1 amide bonds. The number of carbonyl (C=O) groups is 1. The van der Waals surface area contributed by atoms with Crippen LogP contribution >= 0.6 is 0 Å². The van der Waals surface area contributed by atoms with Crippen LogP contribution in [0.1, 0.15) is 19.8 Å². The van der Waals surface area contributed by atoms with Crippen LogP contribution in [-0.4, -0.2) is 38.4 Å². The van der Waals surface area contributed by atoms with Gasteiger partial charge in [0, 0.05) is 12.6 Å². The molecule has 84 valence electrons. The Bertz CT molecular complexity index is 286. The topological polar surface area (TPSA) is 80.0 Å². The average molecular weight is 212 g/mol. The molecule has 1 unspecified atom stereocenters. The quantitative estimate of drug-likeness (QED) is 0.669. The molecule has 6 heteroatoms. The minimum atomic E-state index is -0.0917. The summed E-state index contributed by atoms with van der Waals surface area (Å²) in [6, 6.07) is 0.0770. The molecule has 6 nitrogen and oxygen atoms in total. The molecule has 0 bridgehead atoms. The molecule has 15 heavy (non-hydrogen) atoms. The van der Waals surface area contributed by atoms with Crippen molar-refractivity contribution in [1.29, 1.82) is 0 Å². The molecule has 0 aromatic carbocycles. The van der Waals surface area contributed by atoms with Crippen molar-refractivity contribution in [2.45, 2.75) is 32.4 Å². The summed E-state index contributed by atoms with van der Waals surface area (Å²) in [6.45, 7) is 2.25. The number of rotatable bonds is 6. The molecule has 1 rings (SSSR count). The number of aromatic nitrogens is 3. The van der Waals surface area contributed by atoms with Crippen LogP contribution in [0.2, 0.25) is 0 Å². The molecule has 0 aliphatic rings. The summed E-state index contributed by atoms with van der Waals surface area (Å²) in [5.74, 6) is -0.0917. The zero-order chi connectivity index (χ0) is 11.1. The van der Waals surface area contributed by atoms with E-state index in [1.165, 1.54) is 17.3 Å². The molecule has 0 aliphatic carbocycles. The van der Waals surface area contributed by atoms with Crippen molar-refractivity contribution in [3.8, 4) is 0 Å². The van der Waals surface area contributed by atoms with E-state index in [4.69, 9.17) is 5.11 Å². The number of nitrogens with one attached hydrogen (secondary N) is 1. The van der Waals surface area contributed by atoms with Crippen LogP contribution in [0, 0.1) is 0 Å². The summed E-state index contributed by atoms with van der Waals surface area (Å²) < 4.78 is 1.47. The highest BCUT2D eigenvalue weighted by molar-refractivity contribution is 5.75. The molecule has 1 aromatic rings. The lowest BCUT2D eigenvalue weighted by atomic mass is 10.2. The van der Waals surface area contributed by atoms with Gasteiger partial charge in [0.2, 0.25) is 5.91 Å². The second kappa shape index (κ2) is 6.13. The Balaban J connectivity index is 2.23. The van der Waals surface area contributed by atoms with Gasteiger partial charge in [0.05, 0.1) is 0 Å². The van der Waals surface area contributed by atoms with Crippen LogP contribution in [0.5, 0.6) is 0 Å². The third-order valence-electron chi connectivity index (χ3n) is 1.97. The molecule has 0 radical (unpaired) electrons. The normalized spacial score (nSPS) is 12.4. The second-order valence-electron chi connectivity index (χ2n) is 3.43. The second-order valence-corrected chi connectivity index (χ2v) is 3.43. The van der Waals surface area contributed by atoms with Gasteiger partial charge in [0.1, 0.15) is 19.2 Å². The fourth-order valence-electron chi connectivity index (χ4n) is 1.25. The van der Waals surface area contributed by atoms with Gasteiger partial charge in [-0.15, -0.1) is 0 Å². The molecule has 0 aliphatic heterocycles. The van der Waals surface area contributed by atoms with Crippen molar-refractivity contribution in [2.75, 3.05) is 6.61 Å². The summed E-state index contributed by atoms with van der Waals surface area (Å²) in [5, 5.41) is 15.3. The molecule has 0 saturated heterocycles. The minimum Gasteiger partial charge on any atom is -0.396 e. The van der Waals surface area contributed by atoms with E-state index in [1.54, 1.807) is 0 Å². The zero-order valence-electron chi connectivity index (χ0n) is 8.76. The Morgan fingerprint density at radius 3 is 3.07 bits per heavy atom. The first-order chi connectivity index (χ1) is 7.22. The standard InChI is InChI=1S/C9H16N4O2/c1-8(3-2-4-14)12-9(15)5-13-7-10-6-11-13/h6-8,14H,2-5H2,1H3,(H,12,15). The highest BCUT2D eigenvalue weighted by Gasteiger charge is 2.07. The lowest BCUT2D eigenvalue weighted by Crippen LogP contribution is -2.35. The molecule has 0 spiro atoms. The Kier molecular flexibility index (Phi) is 4.76. The Labute approximate surface area is 88.3 Å². The highest BCUT2D eigenvalue weighted by Crippen LogP contribution is 1.95. The molecule has 0 fully saturated rings. The number of hydrogen-bond donors (Lipinski definition) is 2. The SMILES string of the molecule is CC(CCCO)NC(=O)Cn1cncn1. The summed E-state index contributed by atoms with van der Waals surface area (Å²) >= 11 is 0. The van der Waals surface area contributed by atoms with Crippen LogP contribution in [-0.2, 0) is 11.3 Å². The Morgan fingerprint density at radius 1 is 1.67 bits per heavy atom. The average Bonchev–Trinajstić information content (AvgIpc) is 2.67. The van der Waals surface area contributed by atoms with E-state index in [9.17, 15) is 4.79 Å². The van der Waals surface area contributed by atoms with Crippen LogP contribution < -0.4 is 5.32 Å². The van der Waals surface area contributed by atoms with E-state index < -0.39 is 0 Å². The van der Waals surface area contributed by atoms with Crippen molar-refractivity contribution in [3.05, 3.63) is 12.7 Å². The highest BCUT2D eigenvalue weighted by atomic mass is 16.3. The Hall–Kier alpha value is -1.43. The van der Waals surface area contributed by atoms with Crippen molar-refractivity contribution < 1.29 is 9.90 Å². The third kappa shape index (κ3) is 4.55. The minimum absolute atomic E-state index is 0.0770. The summed E-state index contributed by atoms with van der Waals surface area (Å²) in [6.07, 6.45) is 4.37. The van der Waals surface area contributed by atoms with Crippen LogP contribution in [0.15, 0.2) is 12.7 Å². The number of hydrogen-bond acceptors (Lipinski definition) is 4. The summed E-state index contributed by atoms with van der Waals surface area (Å²) in [4.78, 5) is 15.2. The van der Waals surface area contributed by atoms with Gasteiger partial charge < -0.3 is 10.4 Å². The fraction of sp³-hybridized carbons (Fsp3) is 0.667. The predicted molar refractivity (Wildman–Crippen MR) is 53.9 cm³/mol. The molecule has 1 atom stereocenters. The van der Waals surface area contributed by atoms with E-state index in [-0.39, 0.29) is 25.1 Å². The summed E-state index contributed by atoms with van der Waals surface area (Å²) in [7, 11) is 0. The maximum Gasteiger partial charge on any atom is 0.242 e. The lowest BCUT2D eigenvalue weighted by Gasteiger charge is -2.12. The van der Waals surface area contributed by atoms with Crippen LogP contribution in [0.3, 0.4) is 0 Å². The van der Waals surface area contributed by atoms with Crippen molar-refractivity contribution in [2.24, 2.45) is 0 Å². The first-order valence-corrected chi connectivity index (χ1v) is 4.95. The predicted octanol–water partition coefficient (Wildman–Crippen LogP) is -0.445. The summed E-state index contributed by atoms with van der Waals surface area (Å²) in [5.41, 5.74) is 0. The van der Waals surface area contributed by atoms with Gasteiger partial charge in [0.25, 0.3) is 0 Å². The number of carbonyl (C=O) groups excluding carboxylic acids is 1. The van der Waals surface area contributed by atoms with Gasteiger partial charge in [-0.2, -0.15) is 5.10 Å². The first kappa shape index (κ1) is 11.6. The first-order valence-electron chi connectivity index (χ1n) is 4.95. The van der Waals surface area contributed by atoms with Crippen molar-refractivity contribution in [3.63, 3.8) is 0 Å². The zero-order valence-corrected chi connectivity index (χ0v) is 8.76. The molecular weight excluding hydrogens is 196 g/mol. The van der Waals surface area contributed by atoms with Gasteiger partial charge >= 0.3 is 0 Å². The number of amides is 1. The van der Waals surface area contributed by atoms with E-state index in [0.717, 1.165) is 6.42 Å². The van der Waals surface area contributed by atoms with E-state index in [0.29, 0.717) is 6.42 Å². The van der Waals surface area contributed by atoms with Crippen LogP contribution in [0.25, 0.3) is 0 Å². The van der Waals surface area contributed by atoms with Crippen molar-refractivity contribution in [1.82, 2.24) is 20.1 Å². The van der Waals surface area contributed by atoms with Crippen LogP contribution in [0.4, 0.5) is 0 Å². The molecular formula is C9H16N4O2. The smallest absolute Gasteiger partial charge is 0.242 e. The largest absolute Gasteiger partial charge is 0.396 e. The van der Waals surface area contributed by atoms with Gasteiger partial charge in [-0.25, -0.2) is 9.67 Å². The molecule has 2 N–H and O–H groups in total. The maximum atomic E-state index is 11.4. The van der Waals surface area contributed by atoms with E-state index in [2.05, 4.69) is 15.4 Å². The monoisotopic (exact) mass is 212 g/mol. The lowest BCUT2D eigenvalue weighted by molar-refractivity contribution is -0.122. The maximum absolute atomic E-state index is 11.4. The molecule has 0 saturated carbocycles. The van der Waals surface area contributed by atoms with Crippen molar-refractivity contribution >= 4 is 5.91 Å². The molecule has 1 heterocycles. The fourth-order valence-corrected chi connectivity index (χ4v) is 1.25. The Morgan fingerprint density at radius 2 is 2.47 bits per heavy atom. The molecule has 1 aromatic heterocycles. The van der Waals surface area contributed by atoms with E-state index in [1.807, 2.05) is 6.92 Å². The van der Waals surface area contributed by atoms with Gasteiger partial charge in [-0.3, -0.25) is 4.79 Å². The van der Waals surface area contributed by atoms with Gasteiger partial charge in [0.15, 0.2) is 0 Å². The number of aliphatic hydroxyl groups excluding tert-OH is 1. The van der Waals surface area contributed by atoms with E-state index >= 15 is 0 Å². The number of nitrogens with zero attached hydrogens (tertiary/aromatic N) is 3. The number of aliphatic hydroxyl groups is 1.